The lowest BCUT2D eigenvalue weighted by Gasteiger charge is -2.31. The topological polar surface area (TPSA) is 68.9 Å². The van der Waals surface area contributed by atoms with Crippen LogP contribution in [0.3, 0.4) is 0 Å². The van der Waals surface area contributed by atoms with Gasteiger partial charge in [0.05, 0.1) is 51.6 Å². The monoisotopic (exact) mass is 357 g/mol. The lowest BCUT2D eigenvalue weighted by Crippen LogP contribution is -3.14. The Balaban J connectivity index is 1.95. The lowest BCUT2D eigenvalue weighted by molar-refractivity contribution is -0.902. The maximum atomic E-state index is 13.0. The first-order chi connectivity index (χ1) is 12.5. The third kappa shape index (κ3) is 3.62. The Morgan fingerprint density at radius 1 is 1.23 bits per heavy atom. The molecule has 3 rings (SSSR count). The van der Waals surface area contributed by atoms with Crippen LogP contribution in [0.25, 0.3) is 5.69 Å². The van der Waals surface area contributed by atoms with Crippen molar-refractivity contribution >= 4 is 5.91 Å². The zero-order valence-electron chi connectivity index (χ0n) is 15.5. The number of hydrogen-bond acceptors (Lipinski definition) is 4. The number of carbonyl (C=O) groups is 1. The fourth-order valence-corrected chi connectivity index (χ4v) is 3.14. The number of aryl methyl sites for hydroxylation is 1. The van der Waals surface area contributed by atoms with Gasteiger partial charge in [0.15, 0.2) is 11.4 Å². The van der Waals surface area contributed by atoms with Crippen molar-refractivity contribution in [3.63, 3.8) is 0 Å². The zero-order chi connectivity index (χ0) is 18.7. The molecule has 1 aromatic carbocycles. The average molecular weight is 357 g/mol. The molecule has 26 heavy (non-hydrogen) atoms. The number of benzene rings is 1. The van der Waals surface area contributed by atoms with E-state index in [1.807, 2.05) is 31.2 Å². The lowest BCUT2D eigenvalue weighted by atomic mass is 10.2. The number of likely N-dealkylation sites (N-methyl/N-ethyl adjacent to an activating group) is 1. The summed E-state index contributed by atoms with van der Waals surface area (Å²) in [4.78, 5) is 28.7. The van der Waals surface area contributed by atoms with Gasteiger partial charge in [-0.05, 0) is 26.0 Å². The van der Waals surface area contributed by atoms with Gasteiger partial charge >= 0.3 is 0 Å². The summed E-state index contributed by atoms with van der Waals surface area (Å²) in [6.45, 7) is 8.37. The van der Waals surface area contributed by atoms with Gasteiger partial charge in [-0.3, -0.25) is 9.59 Å². The number of amides is 1. The molecule has 1 aliphatic heterocycles. The van der Waals surface area contributed by atoms with Gasteiger partial charge in [-0.1, -0.05) is 17.7 Å². The zero-order valence-corrected chi connectivity index (χ0v) is 15.5. The molecule has 0 unspecified atom stereocenters. The molecule has 2 heterocycles. The minimum absolute atomic E-state index is 0.174. The van der Waals surface area contributed by atoms with E-state index in [-0.39, 0.29) is 22.9 Å². The summed E-state index contributed by atoms with van der Waals surface area (Å²) < 4.78 is 6.51. The van der Waals surface area contributed by atoms with Crippen LogP contribution in [0.5, 0.6) is 5.75 Å². The van der Waals surface area contributed by atoms with Crippen LogP contribution >= 0.6 is 0 Å². The van der Waals surface area contributed by atoms with Crippen molar-refractivity contribution in [2.24, 2.45) is 0 Å². The van der Waals surface area contributed by atoms with E-state index < -0.39 is 0 Å². The first-order valence-electron chi connectivity index (χ1n) is 8.91. The first-order valence-corrected chi connectivity index (χ1v) is 8.91. The molecule has 1 N–H and O–H groups in total. The molecule has 1 aromatic heterocycles. The van der Waals surface area contributed by atoms with E-state index in [1.165, 1.54) is 22.8 Å². The van der Waals surface area contributed by atoms with Gasteiger partial charge in [0.25, 0.3) is 11.5 Å². The molecule has 0 radical (unpaired) electrons. The molecule has 1 amide bonds. The summed E-state index contributed by atoms with van der Waals surface area (Å²) in [5, 5.41) is 4.34. The highest BCUT2D eigenvalue weighted by Gasteiger charge is 2.27. The predicted molar refractivity (Wildman–Crippen MR) is 98.3 cm³/mol. The van der Waals surface area contributed by atoms with Crippen molar-refractivity contribution in [1.29, 1.82) is 0 Å². The molecule has 1 saturated heterocycles. The maximum Gasteiger partial charge on any atom is 0.278 e. The number of nitrogens with one attached hydrogen (secondary N) is 1. The highest BCUT2D eigenvalue weighted by atomic mass is 16.5. The number of carbonyl (C=O) groups excluding carboxylic acids is 1. The van der Waals surface area contributed by atoms with Gasteiger partial charge < -0.3 is 14.5 Å². The smallest absolute Gasteiger partial charge is 0.278 e. The Kier molecular flexibility index (Phi) is 5.37. The van der Waals surface area contributed by atoms with E-state index in [0.29, 0.717) is 18.8 Å². The minimum atomic E-state index is -0.331. The fourth-order valence-electron chi connectivity index (χ4n) is 3.14. The van der Waals surface area contributed by atoms with E-state index >= 15 is 0 Å². The third-order valence-electron chi connectivity index (χ3n) is 4.86. The van der Waals surface area contributed by atoms with E-state index in [2.05, 4.69) is 12.0 Å². The summed E-state index contributed by atoms with van der Waals surface area (Å²) >= 11 is 0. The van der Waals surface area contributed by atoms with Crippen molar-refractivity contribution in [3.05, 3.63) is 51.9 Å². The summed E-state index contributed by atoms with van der Waals surface area (Å²) in [5.41, 5.74) is 1.55. The van der Waals surface area contributed by atoms with Crippen LogP contribution in [0, 0.1) is 6.92 Å². The van der Waals surface area contributed by atoms with Crippen LogP contribution in [0.15, 0.2) is 35.1 Å². The number of methoxy groups -OCH3 is 1. The number of hydrogen-bond donors (Lipinski definition) is 1. The van der Waals surface area contributed by atoms with Crippen molar-refractivity contribution in [2.75, 3.05) is 39.8 Å². The number of aromatic nitrogens is 2. The standard InChI is InChI=1S/C19H24N4O3/c1-4-21-9-11-22(12-10-21)19(25)18-16(26-3)13-17(24)23(20-18)15-7-5-14(2)6-8-15/h5-8,13H,4,9-12H2,1-3H3/p+1. The van der Waals surface area contributed by atoms with Gasteiger partial charge in [-0.15, -0.1) is 0 Å². The van der Waals surface area contributed by atoms with Crippen molar-refractivity contribution in [2.45, 2.75) is 13.8 Å². The summed E-state index contributed by atoms with van der Waals surface area (Å²) in [5.74, 6) is 0.0199. The Labute approximate surface area is 152 Å². The molecule has 7 nitrogen and oxygen atoms in total. The quantitative estimate of drug-likeness (QED) is 0.830. The number of quaternary nitrogens is 1. The number of piperazine rings is 1. The Bertz CT molecular complexity index is 837. The Hall–Kier alpha value is -2.67. The second-order valence-electron chi connectivity index (χ2n) is 6.54. The van der Waals surface area contributed by atoms with E-state index in [9.17, 15) is 9.59 Å². The molecule has 1 fully saturated rings. The largest absolute Gasteiger partial charge is 0.494 e. The predicted octanol–water partition coefficient (Wildman–Crippen LogP) is -0.0899. The molecule has 0 saturated carbocycles. The van der Waals surface area contributed by atoms with Crippen LogP contribution in [-0.4, -0.2) is 60.4 Å². The molecule has 1 aliphatic rings. The summed E-state index contributed by atoms with van der Waals surface area (Å²) in [6, 6.07) is 8.76. The number of ether oxygens (including phenoxy) is 1. The molecule has 0 bridgehead atoms. The highest BCUT2D eigenvalue weighted by molar-refractivity contribution is 5.94. The molecule has 0 spiro atoms. The molecule has 0 atom stereocenters. The van der Waals surface area contributed by atoms with Gasteiger partial charge in [-0.2, -0.15) is 9.78 Å². The van der Waals surface area contributed by atoms with Gasteiger partial charge in [0.1, 0.15) is 0 Å². The normalized spacial score (nSPS) is 15.1. The number of nitrogens with zero attached hydrogens (tertiary/aromatic N) is 3. The van der Waals surface area contributed by atoms with Crippen molar-refractivity contribution in [1.82, 2.24) is 14.7 Å². The van der Waals surface area contributed by atoms with E-state index in [1.54, 1.807) is 4.90 Å². The van der Waals surface area contributed by atoms with Gasteiger partial charge in [0, 0.05) is 0 Å². The SMILES string of the molecule is CC[NH+]1CCN(C(=O)c2nn(-c3ccc(C)cc3)c(=O)cc2OC)CC1. The van der Waals surface area contributed by atoms with E-state index in [4.69, 9.17) is 4.74 Å². The molecular formula is C19H25N4O3+. The molecule has 138 valence electrons. The third-order valence-corrected chi connectivity index (χ3v) is 4.86. The second-order valence-corrected chi connectivity index (χ2v) is 6.54. The van der Waals surface area contributed by atoms with Gasteiger partial charge in [0.2, 0.25) is 0 Å². The van der Waals surface area contributed by atoms with Gasteiger partial charge in [-0.25, -0.2) is 0 Å². The molecule has 2 aromatic rings. The minimum Gasteiger partial charge on any atom is -0.494 e. The van der Waals surface area contributed by atoms with Crippen LogP contribution in [0.1, 0.15) is 23.0 Å². The first kappa shape index (κ1) is 18.1. The number of rotatable bonds is 4. The maximum absolute atomic E-state index is 13.0. The van der Waals surface area contributed by atoms with E-state index in [0.717, 1.165) is 25.2 Å². The van der Waals surface area contributed by atoms with Crippen LogP contribution in [0.4, 0.5) is 0 Å². The molecular weight excluding hydrogens is 332 g/mol. The summed E-state index contributed by atoms with van der Waals surface area (Å²) in [7, 11) is 1.45. The Morgan fingerprint density at radius 3 is 2.46 bits per heavy atom. The fraction of sp³-hybridized carbons (Fsp3) is 0.421. The van der Waals surface area contributed by atoms with Crippen molar-refractivity contribution in [3.8, 4) is 11.4 Å². The van der Waals surface area contributed by atoms with Crippen LogP contribution < -0.4 is 15.2 Å². The molecule has 7 heteroatoms. The Morgan fingerprint density at radius 2 is 1.88 bits per heavy atom. The highest BCUT2D eigenvalue weighted by Crippen LogP contribution is 2.17. The van der Waals surface area contributed by atoms with Crippen molar-refractivity contribution < 1.29 is 14.4 Å². The van der Waals surface area contributed by atoms with Crippen LogP contribution in [-0.2, 0) is 0 Å². The van der Waals surface area contributed by atoms with Crippen LogP contribution in [0.2, 0.25) is 0 Å². The summed E-state index contributed by atoms with van der Waals surface area (Å²) in [6.07, 6.45) is 0. The molecule has 0 aliphatic carbocycles. The second kappa shape index (κ2) is 7.70. The average Bonchev–Trinajstić information content (AvgIpc) is 2.68.